The summed E-state index contributed by atoms with van der Waals surface area (Å²) in [5.41, 5.74) is 2.33. The number of phenolic OH excluding ortho intramolecular Hbond substituents is 1. The molecule has 3 aromatic rings. The van der Waals surface area contributed by atoms with E-state index >= 15 is 0 Å². The maximum atomic E-state index is 10.0. The Hall–Kier alpha value is -2.76. The molecular formula is C12H9N5O. The van der Waals surface area contributed by atoms with Crippen molar-refractivity contribution in [2.24, 2.45) is 0 Å². The third-order valence-electron chi connectivity index (χ3n) is 2.55. The molecule has 88 valence electrons. The van der Waals surface area contributed by atoms with Crippen LogP contribution in [0, 0.1) is 0 Å². The highest BCUT2D eigenvalue weighted by molar-refractivity contribution is 5.72. The first kappa shape index (κ1) is 10.4. The zero-order valence-corrected chi connectivity index (χ0v) is 9.28. The number of hydrogen-bond acceptors (Lipinski definition) is 5. The number of benzene rings is 1. The second-order valence-corrected chi connectivity index (χ2v) is 3.69. The molecule has 2 heterocycles. The number of aromatic hydroxyl groups is 1. The molecule has 0 spiro atoms. The monoisotopic (exact) mass is 239 g/mol. The standard InChI is InChI=1S/C12H9N5O/c18-11-5-8(9-6-15-16-7-9)1-2-10(11)12-13-3-4-14-17-12/h1-7,18H,(H,15,16). The Morgan fingerprint density at radius 3 is 2.72 bits per heavy atom. The topological polar surface area (TPSA) is 87.6 Å². The number of H-pyrrole nitrogens is 1. The second-order valence-electron chi connectivity index (χ2n) is 3.69. The minimum atomic E-state index is 0.113. The predicted molar refractivity (Wildman–Crippen MR) is 64.5 cm³/mol. The zero-order chi connectivity index (χ0) is 12.4. The third-order valence-corrected chi connectivity index (χ3v) is 2.55. The van der Waals surface area contributed by atoms with Gasteiger partial charge >= 0.3 is 0 Å². The first-order chi connectivity index (χ1) is 8.84. The molecular weight excluding hydrogens is 230 g/mol. The second kappa shape index (κ2) is 4.25. The molecule has 2 N–H and O–H groups in total. The lowest BCUT2D eigenvalue weighted by molar-refractivity contribution is 0.477. The summed E-state index contributed by atoms with van der Waals surface area (Å²) in [5, 5.41) is 24.2. The lowest BCUT2D eigenvalue weighted by Crippen LogP contribution is -1.90. The van der Waals surface area contributed by atoms with E-state index in [4.69, 9.17) is 0 Å². The van der Waals surface area contributed by atoms with Gasteiger partial charge in [0.2, 0.25) is 0 Å². The zero-order valence-electron chi connectivity index (χ0n) is 9.28. The van der Waals surface area contributed by atoms with E-state index in [1.54, 1.807) is 24.5 Å². The fourth-order valence-corrected chi connectivity index (χ4v) is 1.68. The average Bonchev–Trinajstić information content (AvgIpc) is 2.93. The largest absolute Gasteiger partial charge is 0.507 e. The first-order valence-corrected chi connectivity index (χ1v) is 5.31. The number of hydrogen-bond donors (Lipinski definition) is 2. The minimum Gasteiger partial charge on any atom is -0.507 e. The van der Waals surface area contributed by atoms with E-state index < -0.39 is 0 Å². The van der Waals surface area contributed by atoms with Crippen LogP contribution >= 0.6 is 0 Å². The van der Waals surface area contributed by atoms with E-state index in [1.807, 2.05) is 6.07 Å². The van der Waals surface area contributed by atoms with Crippen molar-refractivity contribution < 1.29 is 5.11 Å². The van der Waals surface area contributed by atoms with Gasteiger partial charge in [0.1, 0.15) is 5.75 Å². The van der Waals surface area contributed by atoms with E-state index in [1.165, 1.54) is 12.4 Å². The maximum absolute atomic E-state index is 10.0. The molecule has 2 aromatic heterocycles. The lowest BCUT2D eigenvalue weighted by Gasteiger charge is -2.04. The summed E-state index contributed by atoms with van der Waals surface area (Å²) in [6.07, 6.45) is 6.47. The van der Waals surface area contributed by atoms with Gasteiger partial charge in [0.25, 0.3) is 0 Å². The molecule has 0 fully saturated rings. The fraction of sp³-hybridized carbons (Fsp3) is 0. The van der Waals surface area contributed by atoms with E-state index in [2.05, 4.69) is 25.4 Å². The van der Waals surface area contributed by atoms with E-state index in [0.29, 0.717) is 11.4 Å². The Morgan fingerprint density at radius 2 is 2.06 bits per heavy atom. The van der Waals surface area contributed by atoms with Crippen LogP contribution in [0.15, 0.2) is 43.0 Å². The van der Waals surface area contributed by atoms with Gasteiger partial charge in [-0.05, 0) is 17.7 Å². The molecule has 18 heavy (non-hydrogen) atoms. The van der Waals surface area contributed by atoms with Crippen LogP contribution in [0.25, 0.3) is 22.5 Å². The van der Waals surface area contributed by atoms with Gasteiger partial charge in [-0.25, -0.2) is 4.98 Å². The number of aromatic amines is 1. The summed E-state index contributed by atoms with van der Waals surface area (Å²) in [6, 6.07) is 5.28. The van der Waals surface area contributed by atoms with Crippen LogP contribution < -0.4 is 0 Å². The van der Waals surface area contributed by atoms with Crippen molar-refractivity contribution >= 4 is 0 Å². The Morgan fingerprint density at radius 1 is 1.11 bits per heavy atom. The number of rotatable bonds is 2. The van der Waals surface area contributed by atoms with Crippen LogP contribution in [0.1, 0.15) is 0 Å². The molecule has 0 bridgehead atoms. The van der Waals surface area contributed by atoms with Gasteiger partial charge < -0.3 is 5.11 Å². The molecule has 0 saturated carbocycles. The van der Waals surface area contributed by atoms with Crippen molar-refractivity contribution in [1.82, 2.24) is 25.4 Å². The molecule has 0 aliphatic rings. The van der Waals surface area contributed by atoms with Crippen LogP contribution in [0.3, 0.4) is 0 Å². The highest BCUT2D eigenvalue weighted by Gasteiger charge is 2.09. The summed E-state index contributed by atoms with van der Waals surface area (Å²) >= 11 is 0. The van der Waals surface area contributed by atoms with Gasteiger partial charge in [0, 0.05) is 18.0 Å². The van der Waals surface area contributed by atoms with Crippen molar-refractivity contribution in [3.8, 4) is 28.3 Å². The molecule has 6 nitrogen and oxygen atoms in total. The smallest absolute Gasteiger partial charge is 0.185 e. The SMILES string of the molecule is Oc1cc(-c2cn[nH]c2)ccc1-c1nccnn1. The fourth-order valence-electron chi connectivity index (χ4n) is 1.68. The van der Waals surface area contributed by atoms with E-state index in [0.717, 1.165) is 11.1 Å². The number of nitrogens with one attached hydrogen (secondary N) is 1. The van der Waals surface area contributed by atoms with Crippen LogP contribution in [-0.4, -0.2) is 30.5 Å². The average molecular weight is 239 g/mol. The van der Waals surface area contributed by atoms with Gasteiger partial charge in [-0.1, -0.05) is 6.07 Å². The Kier molecular flexibility index (Phi) is 2.45. The summed E-state index contributed by atoms with van der Waals surface area (Å²) in [6.45, 7) is 0. The molecule has 0 atom stereocenters. The molecule has 1 aromatic carbocycles. The van der Waals surface area contributed by atoms with Crippen molar-refractivity contribution in [3.63, 3.8) is 0 Å². The molecule has 0 unspecified atom stereocenters. The van der Waals surface area contributed by atoms with Crippen LogP contribution in [0.2, 0.25) is 0 Å². The summed E-state index contributed by atoms with van der Waals surface area (Å²) < 4.78 is 0. The molecule has 0 radical (unpaired) electrons. The normalized spacial score (nSPS) is 10.4. The molecule has 0 amide bonds. The summed E-state index contributed by atoms with van der Waals surface area (Å²) in [5.74, 6) is 0.510. The van der Waals surface area contributed by atoms with E-state index in [9.17, 15) is 5.11 Å². The molecule has 0 aliphatic carbocycles. The molecule has 0 saturated heterocycles. The molecule has 0 aliphatic heterocycles. The van der Waals surface area contributed by atoms with Crippen LogP contribution in [-0.2, 0) is 0 Å². The summed E-state index contributed by atoms with van der Waals surface area (Å²) in [4.78, 5) is 4.05. The van der Waals surface area contributed by atoms with Crippen molar-refractivity contribution in [2.75, 3.05) is 0 Å². The van der Waals surface area contributed by atoms with Crippen molar-refractivity contribution in [3.05, 3.63) is 43.0 Å². The quantitative estimate of drug-likeness (QED) is 0.709. The van der Waals surface area contributed by atoms with Crippen LogP contribution in [0.5, 0.6) is 5.75 Å². The molecule has 3 rings (SSSR count). The van der Waals surface area contributed by atoms with Gasteiger partial charge in [0.15, 0.2) is 5.82 Å². The Labute approximate surface area is 102 Å². The van der Waals surface area contributed by atoms with E-state index in [-0.39, 0.29) is 5.75 Å². The highest BCUT2D eigenvalue weighted by Crippen LogP contribution is 2.30. The van der Waals surface area contributed by atoms with Gasteiger partial charge in [-0.3, -0.25) is 5.10 Å². The number of nitrogens with zero attached hydrogens (tertiary/aromatic N) is 4. The number of aromatic nitrogens is 5. The van der Waals surface area contributed by atoms with Gasteiger partial charge in [-0.15, -0.1) is 5.10 Å². The highest BCUT2D eigenvalue weighted by atomic mass is 16.3. The van der Waals surface area contributed by atoms with Crippen molar-refractivity contribution in [2.45, 2.75) is 0 Å². The predicted octanol–water partition coefficient (Wildman–Crippen LogP) is 1.63. The number of phenols is 1. The summed E-state index contributed by atoms with van der Waals surface area (Å²) in [7, 11) is 0. The van der Waals surface area contributed by atoms with Gasteiger partial charge in [0.05, 0.1) is 18.0 Å². The van der Waals surface area contributed by atoms with Crippen molar-refractivity contribution in [1.29, 1.82) is 0 Å². The minimum absolute atomic E-state index is 0.113. The maximum Gasteiger partial charge on any atom is 0.185 e. The van der Waals surface area contributed by atoms with Gasteiger partial charge in [-0.2, -0.15) is 10.2 Å². The molecule has 6 heteroatoms. The lowest BCUT2D eigenvalue weighted by atomic mass is 10.1. The van der Waals surface area contributed by atoms with Crippen LogP contribution in [0.4, 0.5) is 0 Å². The first-order valence-electron chi connectivity index (χ1n) is 5.31. The Balaban J connectivity index is 2.05. The third kappa shape index (κ3) is 1.80. The Bertz CT molecular complexity index is 651.